The van der Waals surface area contributed by atoms with Crippen molar-refractivity contribution in [1.82, 2.24) is 19.7 Å². The van der Waals surface area contributed by atoms with Gasteiger partial charge >= 0.3 is 0 Å². The molecule has 0 radical (unpaired) electrons. The first kappa shape index (κ1) is 12.5. The van der Waals surface area contributed by atoms with Gasteiger partial charge in [-0.1, -0.05) is 13.0 Å². The van der Waals surface area contributed by atoms with Crippen LogP contribution in [-0.2, 0) is 6.54 Å². The van der Waals surface area contributed by atoms with E-state index in [1.54, 1.807) is 18.1 Å². The predicted molar refractivity (Wildman–Crippen MR) is 70.3 cm³/mol. The Bertz CT molecular complexity index is 427. The van der Waals surface area contributed by atoms with Crippen LogP contribution in [0.3, 0.4) is 0 Å². The van der Waals surface area contributed by atoms with Crippen molar-refractivity contribution in [3.05, 3.63) is 30.2 Å². The Morgan fingerprint density at radius 3 is 2.94 bits per heavy atom. The molecule has 0 amide bonds. The Balaban J connectivity index is 1.89. The first-order valence-electron chi connectivity index (χ1n) is 5.48. The van der Waals surface area contributed by atoms with Gasteiger partial charge in [-0.3, -0.25) is 0 Å². The number of rotatable bonds is 6. The van der Waals surface area contributed by atoms with E-state index in [9.17, 15) is 0 Å². The van der Waals surface area contributed by atoms with Crippen molar-refractivity contribution in [2.75, 3.05) is 6.54 Å². The highest BCUT2D eigenvalue weighted by Gasteiger charge is 2.01. The van der Waals surface area contributed by atoms with Gasteiger partial charge in [-0.05, 0) is 47.9 Å². The zero-order chi connectivity index (χ0) is 11.9. The second-order valence-corrected chi connectivity index (χ2v) is 5.54. The van der Waals surface area contributed by atoms with E-state index >= 15 is 0 Å². The van der Waals surface area contributed by atoms with Gasteiger partial charge in [-0.2, -0.15) is 4.37 Å². The van der Waals surface area contributed by atoms with Crippen LogP contribution in [0.5, 0.6) is 0 Å². The Kier molecular flexibility index (Phi) is 4.90. The molecule has 2 aromatic rings. The number of hydrogen-bond acceptors (Lipinski definition) is 6. The van der Waals surface area contributed by atoms with E-state index in [0.29, 0.717) is 0 Å². The van der Waals surface area contributed by atoms with Crippen LogP contribution in [0.15, 0.2) is 34.0 Å². The largest absolute Gasteiger partial charge is 0.313 e. The minimum Gasteiger partial charge on any atom is -0.313 e. The molecule has 0 aliphatic rings. The third-order valence-electron chi connectivity index (χ3n) is 2.09. The van der Waals surface area contributed by atoms with E-state index in [2.05, 4.69) is 32.6 Å². The fourth-order valence-electron chi connectivity index (χ4n) is 1.28. The van der Waals surface area contributed by atoms with Crippen molar-refractivity contribution in [3.63, 3.8) is 0 Å². The van der Waals surface area contributed by atoms with Crippen LogP contribution in [0.4, 0.5) is 0 Å². The van der Waals surface area contributed by atoms with Gasteiger partial charge in [0.05, 0.1) is 0 Å². The minimum absolute atomic E-state index is 0.880. The van der Waals surface area contributed by atoms with E-state index in [1.165, 1.54) is 17.1 Å². The van der Waals surface area contributed by atoms with Crippen LogP contribution >= 0.6 is 23.3 Å². The molecule has 0 spiro atoms. The molecule has 6 heteroatoms. The maximum atomic E-state index is 4.39. The smallest absolute Gasteiger partial charge is 0.175 e. The van der Waals surface area contributed by atoms with Gasteiger partial charge in [0.15, 0.2) is 4.34 Å². The quantitative estimate of drug-likeness (QED) is 0.814. The maximum absolute atomic E-state index is 4.39. The van der Waals surface area contributed by atoms with Gasteiger partial charge in [0.1, 0.15) is 11.4 Å². The molecule has 0 saturated heterocycles. The van der Waals surface area contributed by atoms with Crippen LogP contribution < -0.4 is 5.32 Å². The molecular formula is C11H14N4S2. The molecule has 2 rings (SSSR count). The summed E-state index contributed by atoms with van der Waals surface area (Å²) in [5.74, 6) is 0. The zero-order valence-electron chi connectivity index (χ0n) is 9.59. The third kappa shape index (κ3) is 4.07. The molecule has 0 saturated carbocycles. The van der Waals surface area contributed by atoms with Crippen LogP contribution in [0.1, 0.15) is 18.9 Å². The fourth-order valence-corrected chi connectivity index (χ4v) is 2.62. The highest BCUT2D eigenvalue weighted by atomic mass is 32.2. The van der Waals surface area contributed by atoms with Gasteiger partial charge in [-0.15, -0.1) is 0 Å². The fraction of sp³-hybridized carbons (Fsp3) is 0.364. The summed E-state index contributed by atoms with van der Waals surface area (Å²) in [5, 5.41) is 4.31. The van der Waals surface area contributed by atoms with E-state index in [1.807, 2.05) is 12.3 Å². The van der Waals surface area contributed by atoms with Crippen molar-refractivity contribution in [3.8, 4) is 0 Å². The lowest BCUT2D eigenvalue weighted by atomic mass is 10.3. The zero-order valence-corrected chi connectivity index (χ0v) is 11.2. The van der Waals surface area contributed by atoms with E-state index in [-0.39, 0.29) is 0 Å². The predicted octanol–water partition coefficient (Wildman–Crippen LogP) is 2.58. The molecule has 17 heavy (non-hydrogen) atoms. The Labute approximate surface area is 109 Å². The lowest BCUT2D eigenvalue weighted by Crippen LogP contribution is -2.13. The molecule has 0 bridgehead atoms. The van der Waals surface area contributed by atoms with Gasteiger partial charge in [0, 0.05) is 12.7 Å². The highest BCUT2D eigenvalue weighted by molar-refractivity contribution is 8.00. The monoisotopic (exact) mass is 266 g/mol. The maximum Gasteiger partial charge on any atom is 0.175 e. The number of pyridine rings is 1. The summed E-state index contributed by atoms with van der Waals surface area (Å²) in [6.07, 6.45) is 4.63. The second kappa shape index (κ2) is 6.68. The molecule has 4 nitrogen and oxygen atoms in total. The van der Waals surface area contributed by atoms with Crippen molar-refractivity contribution >= 4 is 23.3 Å². The highest BCUT2D eigenvalue weighted by Crippen LogP contribution is 2.26. The topological polar surface area (TPSA) is 50.7 Å². The van der Waals surface area contributed by atoms with E-state index < -0.39 is 0 Å². The van der Waals surface area contributed by atoms with Crippen LogP contribution in [0.25, 0.3) is 0 Å². The molecule has 0 atom stereocenters. The third-order valence-corrected chi connectivity index (χ3v) is 3.75. The van der Waals surface area contributed by atoms with Gasteiger partial charge in [0.25, 0.3) is 0 Å². The second-order valence-electron chi connectivity index (χ2n) is 3.49. The summed E-state index contributed by atoms with van der Waals surface area (Å²) < 4.78 is 4.88. The van der Waals surface area contributed by atoms with Crippen molar-refractivity contribution < 1.29 is 0 Å². The summed E-state index contributed by atoms with van der Waals surface area (Å²) in [7, 11) is 0. The number of nitrogens with zero attached hydrogens (tertiary/aromatic N) is 3. The summed E-state index contributed by atoms with van der Waals surface area (Å²) in [6, 6.07) is 4.12. The first-order valence-corrected chi connectivity index (χ1v) is 7.07. The van der Waals surface area contributed by atoms with Crippen molar-refractivity contribution in [1.29, 1.82) is 0 Å². The van der Waals surface area contributed by atoms with Gasteiger partial charge in [0.2, 0.25) is 0 Å². The molecule has 1 N–H and O–H groups in total. The molecule has 0 unspecified atom stereocenters. The lowest BCUT2D eigenvalue weighted by Gasteiger charge is -2.03. The first-order chi connectivity index (χ1) is 8.38. The van der Waals surface area contributed by atoms with Crippen LogP contribution in [0.2, 0.25) is 0 Å². The van der Waals surface area contributed by atoms with Crippen LogP contribution in [-0.4, -0.2) is 20.9 Å². The van der Waals surface area contributed by atoms with Crippen LogP contribution in [0, 0.1) is 0 Å². The minimum atomic E-state index is 0.880. The average molecular weight is 266 g/mol. The number of aromatic nitrogens is 3. The van der Waals surface area contributed by atoms with Crippen molar-refractivity contribution in [2.24, 2.45) is 0 Å². The summed E-state index contributed by atoms with van der Waals surface area (Å²) in [4.78, 5) is 8.51. The van der Waals surface area contributed by atoms with Gasteiger partial charge < -0.3 is 5.32 Å². The lowest BCUT2D eigenvalue weighted by molar-refractivity contribution is 0.673. The molecule has 0 aliphatic carbocycles. The molecule has 0 fully saturated rings. The molecular weight excluding hydrogens is 252 g/mol. The average Bonchev–Trinajstić information content (AvgIpc) is 2.85. The Morgan fingerprint density at radius 2 is 2.29 bits per heavy atom. The van der Waals surface area contributed by atoms with E-state index in [0.717, 1.165) is 28.9 Å². The number of hydrogen-bond donors (Lipinski definition) is 1. The molecule has 2 aromatic heterocycles. The standard InChI is InChI=1S/C11H14N4S2/c1-2-5-12-6-9-3-4-10(13-7-9)16-11-14-8-15-17-11/h3-4,7-8,12H,2,5-6H2,1H3. The summed E-state index contributed by atoms with van der Waals surface area (Å²) in [6.45, 7) is 4.08. The van der Waals surface area contributed by atoms with E-state index in [4.69, 9.17) is 0 Å². The molecule has 0 aliphatic heterocycles. The normalized spacial score (nSPS) is 10.6. The summed E-state index contributed by atoms with van der Waals surface area (Å²) in [5.41, 5.74) is 1.21. The van der Waals surface area contributed by atoms with Crippen molar-refractivity contribution in [2.45, 2.75) is 29.3 Å². The Hall–Kier alpha value is -0.980. The Morgan fingerprint density at radius 1 is 1.35 bits per heavy atom. The molecule has 0 aromatic carbocycles. The summed E-state index contributed by atoms with van der Waals surface area (Å²) >= 11 is 2.93. The molecule has 2 heterocycles. The van der Waals surface area contributed by atoms with Gasteiger partial charge in [-0.25, -0.2) is 9.97 Å². The SMILES string of the molecule is CCCNCc1ccc(Sc2ncns2)nc1. The number of nitrogens with one attached hydrogen (secondary N) is 1. The molecule has 90 valence electrons.